The number of carbonyl (C=O) groups is 1. The monoisotopic (exact) mass is 221 g/mol. The average molecular weight is 221 g/mol. The van der Waals surface area contributed by atoms with Crippen LogP contribution in [0.3, 0.4) is 0 Å². The molecule has 2 atom stereocenters. The molecular weight excluding hydrogens is 206 g/mol. The highest BCUT2D eigenvalue weighted by atomic mass is 16.4. The van der Waals surface area contributed by atoms with Gasteiger partial charge in [0, 0.05) is 19.4 Å². The molecule has 0 radical (unpaired) electrons. The Morgan fingerprint density at radius 1 is 1.44 bits per heavy atom. The predicted molar refractivity (Wildman–Crippen MR) is 59.1 cm³/mol. The lowest BCUT2D eigenvalue weighted by Crippen LogP contribution is -2.33. The fraction of sp³-hybridized carbons (Fsp3) is 0.417. The van der Waals surface area contributed by atoms with Gasteiger partial charge in [-0.3, -0.25) is 4.79 Å². The zero-order chi connectivity index (χ0) is 11.6. The number of β-amino-alcohol motifs (C(OH)–C–C–N with tert-alkyl or cyclic N) is 1. The van der Waals surface area contributed by atoms with Gasteiger partial charge in [0.2, 0.25) is 0 Å². The summed E-state index contributed by atoms with van der Waals surface area (Å²) in [5.41, 5.74) is 0.0857. The minimum absolute atomic E-state index is 0.261. The van der Waals surface area contributed by atoms with E-state index in [1.807, 2.05) is 30.3 Å². The van der Waals surface area contributed by atoms with Crippen LogP contribution in [0, 0.1) is 0 Å². The summed E-state index contributed by atoms with van der Waals surface area (Å²) in [5, 5.41) is 21.9. The summed E-state index contributed by atoms with van der Waals surface area (Å²) < 4.78 is 0. The number of nitrogens with one attached hydrogen (secondary N) is 1. The molecule has 0 unspecified atom stereocenters. The van der Waals surface area contributed by atoms with Gasteiger partial charge >= 0.3 is 5.97 Å². The van der Waals surface area contributed by atoms with Crippen molar-refractivity contribution in [2.45, 2.75) is 24.5 Å². The summed E-state index contributed by atoms with van der Waals surface area (Å²) >= 11 is 0. The Morgan fingerprint density at radius 2 is 2.12 bits per heavy atom. The van der Waals surface area contributed by atoms with Crippen molar-refractivity contribution in [1.29, 1.82) is 0 Å². The van der Waals surface area contributed by atoms with Crippen molar-refractivity contribution >= 4 is 5.97 Å². The van der Waals surface area contributed by atoms with Crippen molar-refractivity contribution in [3.8, 4) is 0 Å². The van der Waals surface area contributed by atoms with Gasteiger partial charge in [-0.15, -0.1) is 0 Å². The quantitative estimate of drug-likeness (QED) is 0.691. The van der Waals surface area contributed by atoms with Crippen LogP contribution in [-0.4, -0.2) is 34.4 Å². The Labute approximate surface area is 93.9 Å². The van der Waals surface area contributed by atoms with Crippen LogP contribution in [0.5, 0.6) is 0 Å². The summed E-state index contributed by atoms with van der Waals surface area (Å²) in [6, 6.07) is 8.98. The van der Waals surface area contributed by atoms with Gasteiger partial charge in [-0.2, -0.15) is 0 Å². The second-order valence-corrected chi connectivity index (χ2v) is 4.36. The zero-order valence-corrected chi connectivity index (χ0v) is 8.89. The van der Waals surface area contributed by atoms with E-state index in [0.29, 0.717) is 13.0 Å². The molecule has 16 heavy (non-hydrogen) atoms. The molecule has 1 aliphatic rings. The summed E-state index contributed by atoms with van der Waals surface area (Å²) in [6.07, 6.45) is 0.752. The second-order valence-electron chi connectivity index (χ2n) is 4.36. The molecule has 1 fully saturated rings. The van der Waals surface area contributed by atoms with Crippen LogP contribution in [0.4, 0.5) is 0 Å². The standard InChI is InChI=1S/C12H15NO3/c14-11(15)10-7-12(16,8-13-10)6-9-4-2-1-3-5-9/h1-5,10,13,16H,6-8H2,(H,14,15)/t10-,12+/m0/s1. The highest BCUT2D eigenvalue weighted by Crippen LogP contribution is 2.24. The van der Waals surface area contributed by atoms with E-state index in [4.69, 9.17) is 5.11 Å². The number of rotatable bonds is 3. The van der Waals surface area contributed by atoms with E-state index in [-0.39, 0.29) is 6.42 Å². The normalized spacial score (nSPS) is 29.2. The first-order chi connectivity index (χ1) is 7.59. The molecular formula is C12H15NO3. The molecule has 2 rings (SSSR count). The number of aliphatic carboxylic acids is 1. The van der Waals surface area contributed by atoms with Gasteiger partial charge in [0.05, 0.1) is 5.60 Å². The number of carboxylic acids is 1. The van der Waals surface area contributed by atoms with Crippen LogP contribution in [0.15, 0.2) is 30.3 Å². The van der Waals surface area contributed by atoms with Gasteiger partial charge in [-0.25, -0.2) is 0 Å². The molecule has 1 saturated heterocycles. The number of hydrogen-bond donors (Lipinski definition) is 3. The van der Waals surface area contributed by atoms with Crippen molar-refractivity contribution in [3.05, 3.63) is 35.9 Å². The van der Waals surface area contributed by atoms with Crippen molar-refractivity contribution in [2.24, 2.45) is 0 Å². The van der Waals surface area contributed by atoms with Crippen molar-refractivity contribution in [3.63, 3.8) is 0 Å². The summed E-state index contributed by atoms with van der Waals surface area (Å²) in [4.78, 5) is 10.8. The lowest BCUT2D eigenvalue weighted by atomic mass is 9.92. The minimum atomic E-state index is -0.940. The van der Waals surface area contributed by atoms with E-state index >= 15 is 0 Å². The van der Waals surface area contributed by atoms with Crippen LogP contribution >= 0.6 is 0 Å². The Balaban J connectivity index is 2.03. The molecule has 0 spiro atoms. The molecule has 1 aromatic carbocycles. The maximum atomic E-state index is 10.8. The lowest BCUT2D eigenvalue weighted by Gasteiger charge is -2.21. The Bertz CT molecular complexity index is 379. The predicted octanol–water partition coefficient (Wildman–Crippen LogP) is 0.407. The van der Waals surface area contributed by atoms with Gasteiger partial charge in [-0.1, -0.05) is 30.3 Å². The fourth-order valence-electron chi connectivity index (χ4n) is 2.12. The molecule has 0 amide bonds. The number of aliphatic hydroxyl groups is 1. The third-order valence-electron chi connectivity index (χ3n) is 2.94. The first kappa shape index (κ1) is 11.1. The Morgan fingerprint density at radius 3 is 2.69 bits per heavy atom. The van der Waals surface area contributed by atoms with Crippen molar-refractivity contribution in [1.82, 2.24) is 5.32 Å². The minimum Gasteiger partial charge on any atom is -0.480 e. The maximum Gasteiger partial charge on any atom is 0.320 e. The molecule has 4 nitrogen and oxygen atoms in total. The molecule has 1 aliphatic heterocycles. The molecule has 1 aromatic rings. The number of carboxylic acid groups (broad SMARTS) is 1. The Kier molecular flexibility index (Phi) is 2.94. The van der Waals surface area contributed by atoms with Crippen LogP contribution in [0.25, 0.3) is 0 Å². The van der Waals surface area contributed by atoms with Crippen molar-refractivity contribution in [2.75, 3.05) is 6.54 Å². The third-order valence-corrected chi connectivity index (χ3v) is 2.94. The highest BCUT2D eigenvalue weighted by Gasteiger charge is 2.40. The fourth-order valence-corrected chi connectivity index (χ4v) is 2.12. The topological polar surface area (TPSA) is 69.6 Å². The highest BCUT2D eigenvalue weighted by molar-refractivity contribution is 5.74. The first-order valence-corrected chi connectivity index (χ1v) is 5.32. The van der Waals surface area contributed by atoms with E-state index < -0.39 is 17.6 Å². The summed E-state index contributed by atoms with van der Waals surface area (Å²) in [5.74, 6) is -0.899. The molecule has 1 heterocycles. The maximum absolute atomic E-state index is 10.8. The second kappa shape index (κ2) is 4.23. The first-order valence-electron chi connectivity index (χ1n) is 5.32. The van der Waals surface area contributed by atoms with Crippen LogP contribution in [-0.2, 0) is 11.2 Å². The van der Waals surface area contributed by atoms with Crippen LogP contribution in [0.2, 0.25) is 0 Å². The van der Waals surface area contributed by atoms with Gasteiger partial charge in [-0.05, 0) is 5.56 Å². The molecule has 0 bridgehead atoms. The Hall–Kier alpha value is -1.39. The summed E-state index contributed by atoms with van der Waals surface area (Å²) in [6.45, 7) is 0.332. The average Bonchev–Trinajstić information content (AvgIpc) is 2.62. The molecule has 0 aliphatic carbocycles. The smallest absolute Gasteiger partial charge is 0.320 e. The zero-order valence-electron chi connectivity index (χ0n) is 8.89. The molecule has 3 N–H and O–H groups in total. The van der Waals surface area contributed by atoms with Crippen LogP contribution < -0.4 is 5.32 Å². The van der Waals surface area contributed by atoms with Gasteiger partial charge in [0.15, 0.2) is 0 Å². The van der Waals surface area contributed by atoms with E-state index in [9.17, 15) is 9.90 Å². The molecule has 86 valence electrons. The van der Waals surface area contributed by atoms with E-state index in [1.165, 1.54) is 0 Å². The van der Waals surface area contributed by atoms with Gasteiger partial charge < -0.3 is 15.5 Å². The molecule has 0 aromatic heterocycles. The molecule has 4 heteroatoms. The van der Waals surface area contributed by atoms with Crippen LogP contribution in [0.1, 0.15) is 12.0 Å². The number of benzene rings is 1. The lowest BCUT2D eigenvalue weighted by molar-refractivity contribution is -0.139. The van der Waals surface area contributed by atoms with Gasteiger partial charge in [0.1, 0.15) is 6.04 Å². The van der Waals surface area contributed by atoms with Crippen molar-refractivity contribution < 1.29 is 15.0 Å². The van der Waals surface area contributed by atoms with E-state index in [1.54, 1.807) is 0 Å². The third kappa shape index (κ3) is 2.40. The van der Waals surface area contributed by atoms with E-state index in [2.05, 4.69) is 5.32 Å². The SMILES string of the molecule is O=C(O)[C@@H]1C[C@](O)(Cc2ccccc2)CN1. The molecule has 0 saturated carbocycles. The van der Waals surface area contributed by atoms with Gasteiger partial charge in [0.25, 0.3) is 0 Å². The largest absolute Gasteiger partial charge is 0.480 e. The van der Waals surface area contributed by atoms with E-state index in [0.717, 1.165) is 5.56 Å². The summed E-state index contributed by atoms with van der Waals surface area (Å²) in [7, 11) is 0. The number of hydrogen-bond acceptors (Lipinski definition) is 3.